The monoisotopic (exact) mass is 999 g/mol. The van der Waals surface area contributed by atoms with Gasteiger partial charge in [-0.2, -0.15) is 4.98 Å². The Morgan fingerprint density at radius 1 is 1.06 bits per heavy atom. The molecule has 8 heterocycles. The number of aliphatic hydroxyl groups excluding tert-OH is 2. The number of nitrogens with one attached hydrogen (secondary N) is 3. The van der Waals surface area contributed by atoms with E-state index in [4.69, 9.17) is 43.8 Å². The van der Waals surface area contributed by atoms with Gasteiger partial charge in [0.2, 0.25) is 25.3 Å². The number of hydrogen-bond acceptors (Lipinski definition) is 21. The third-order valence-electron chi connectivity index (χ3n) is 11.8. The molecule has 4 saturated heterocycles. The van der Waals surface area contributed by atoms with Crippen LogP contribution < -0.4 is 27.7 Å². The summed E-state index contributed by atoms with van der Waals surface area (Å²) in [6.45, 7) is 9.43. The van der Waals surface area contributed by atoms with E-state index in [9.17, 15) is 29.4 Å². The summed E-state index contributed by atoms with van der Waals surface area (Å²) in [7, 11) is -1.68. The van der Waals surface area contributed by atoms with Gasteiger partial charge in [-0.3, -0.25) is 33.3 Å². The lowest BCUT2D eigenvalue weighted by atomic mass is 9.92. The van der Waals surface area contributed by atoms with Gasteiger partial charge in [-0.15, -0.1) is 0 Å². The fraction of sp³-hybridized carbons (Fsp3) is 0.684. The molecule has 28 heteroatoms. The molecule has 3 aromatic heterocycles. The lowest BCUT2D eigenvalue weighted by Crippen LogP contribution is -2.39. The van der Waals surface area contributed by atoms with E-state index in [-0.39, 0.29) is 91.6 Å². The van der Waals surface area contributed by atoms with E-state index in [1.165, 1.54) is 15.5 Å². The van der Waals surface area contributed by atoms with Gasteiger partial charge in [-0.25, -0.2) is 15.0 Å². The highest BCUT2D eigenvalue weighted by Crippen LogP contribution is 2.52. The van der Waals surface area contributed by atoms with E-state index in [0.29, 0.717) is 45.4 Å². The SMILES string of the molecule is CC(C)(CNC(=O)CCCC1C(=O)c2ncn(C3OC4COP(S)OC4C3O)c2N=C1N)COC(C)(C)CCCNC(=O)CSc1nc2c(=O)[nH]c(N)nc2n1C1OC2COPOC2C1O. The number of thiol groups is 1. The van der Waals surface area contributed by atoms with Crippen molar-refractivity contribution in [1.29, 1.82) is 0 Å². The second-order valence-corrected chi connectivity index (χ2v) is 21.5. The number of nitrogen functional groups attached to an aromatic ring is 1. The fourth-order valence-electron chi connectivity index (χ4n) is 8.15. The van der Waals surface area contributed by atoms with Gasteiger partial charge in [0.1, 0.15) is 42.5 Å². The number of aliphatic hydroxyl groups is 2. The average Bonchev–Trinajstić information content (AvgIpc) is 4.03. The number of H-pyrrole nitrogens is 1. The zero-order valence-corrected chi connectivity index (χ0v) is 40.2. The minimum atomic E-state index is -1.43. The van der Waals surface area contributed by atoms with Crippen LogP contribution >= 0.6 is 40.6 Å². The van der Waals surface area contributed by atoms with Crippen LogP contribution in [0.5, 0.6) is 0 Å². The topological polar surface area (TPSA) is 326 Å². The molecule has 3 aromatic rings. The van der Waals surface area contributed by atoms with Crippen molar-refractivity contribution in [3.05, 3.63) is 22.4 Å². The van der Waals surface area contributed by atoms with Gasteiger partial charge < -0.3 is 64.6 Å². The molecule has 0 spiro atoms. The molecule has 0 radical (unpaired) electrons. The lowest BCUT2D eigenvalue weighted by molar-refractivity contribution is -0.122. The molecule has 362 valence electrons. The number of fused-ring (bicyclic) bond motifs is 4. The van der Waals surface area contributed by atoms with Gasteiger partial charge >= 0.3 is 0 Å². The number of thioether (sulfide) groups is 1. The van der Waals surface area contributed by atoms with E-state index in [1.54, 1.807) is 0 Å². The lowest BCUT2D eigenvalue weighted by Gasteiger charge is -2.32. The van der Waals surface area contributed by atoms with Crippen LogP contribution in [0, 0.1) is 11.3 Å². The maximum Gasteiger partial charge on any atom is 0.280 e. The number of carbonyl (C=O) groups is 3. The van der Waals surface area contributed by atoms with Crippen molar-refractivity contribution in [2.24, 2.45) is 22.1 Å². The van der Waals surface area contributed by atoms with Gasteiger partial charge in [0.15, 0.2) is 55.1 Å². The highest BCUT2D eigenvalue weighted by molar-refractivity contribution is 8.42. The van der Waals surface area contributed by atoms with Crippen LogP contribution in [0.2, 0.25) is 0 Å². The summed E-state index contributed by atoms with van der Waals surface area (Å²) < 4.78 is 43.3. The zero-order chi connectivity index (χ0) is 47.1. The van der Waals surface area contributed by atoms with Crippen molar-refractivity contribution in [1.82, 2.24) is 39.7 Å². The number of carbonyl (C=O) groups excluding carboxylic acids is 3. The van der Waals surface area contributed by atoms with Gasteiger partial charge in [0.05, 0.1) is 43.4 Å². The molecular weight excluding hydrogens is 945 g/mol. The molecule has 8 rings (SSSR count). The second-order valence-electron chi connectivity index (χ2n) is 18.0. The summed E-state index contributed by atoms with van der Waals surface area (Å²) in [5, 5.41) is 28.2. The Balaban J connectivity index is 0.738. The van der Waals surface area contributed by atoms with Crippen molar-refractivity contribution in [3.63, 3.8) is 0 Å². The molecule has 11 atom stereocenters. The van der Waals surface area contributed by atoms with Gasteiger partial charge in [-0.1, -0.05) is 37.9 Å². The largest absolute Gasteiger partial charge is 0.386 e. The predicted molar refractivity (Wildman–Crippen MR) is 243 cm³/mol. The first-order valence-electron chi connectivity index (χ1n) is 21.4. The highest BCUT2D eigenvalue weighted by atomic mass is 32.7. The number of Topliss-reactive ketones (excluding diaryl/α,β-unsaturated/α-hetero) is 1. The maximum absolute atomic E-state index is 13.5. The Kier molecular flexibility index (Phi) is 15.1. The first-order chi connectivity index (χ1) is 31.4. The number of hydrogen-bond donors (Lipinski definition) is 8. The standard InChI is InChI=1S/C38H55N11O13P2S2/c1-37(2,14-42-20(50)8-5-7-17-24(52)22-30(45-29(17)39)48(16-43-22)33-26(54)28-19(59-33)12-58-64(65)62-28)15-56-38(3,4)9-6-10-41-21(51)13-66-36-44-23-31(46-35(40)47-32(23)55)49(36)34-25(53)27-18(60-34)11-57-63-61-27/h16-19,25-28,33-34,53-54,63,65H,5-15H2,1-4H3,(H2,39,45)(H,41,51)(H,42,50)(H3,40,46,47,55). The number of rotatable bonds is 18. The quantitative estimate of drug-likeness (QED) is 0.0387. The van der Waals surface area contributed by atoms with E-state index in [2.05, 4.69) is 47.8 Å². The normalized spacial score (nSPS) is 29.1. The average molecular weight is 1000 g/mol. The molecule has 0 bridgehead atoms. The number of nitrogens with two attached hydrogens (primary N) is 2. The van der Waals surface area contributed by atoms with E-state index in [0.717, 1.165) is 11.8 Å². The Hall–Kier alpha value is -3.36. The Labute approximate surface area is 390 Å². The van der Waals surface area contributed by atoms with Crippen LogP contribution in [0.3, 0.4) is 0 Å². The van der Waals surface area contributed by atoms with Crippen LogP contribution in [0.4, 0.5) is 11.8 Å². The van der Waals surface area contributed by atoms with E-state index in [1.807, 2.05) is 27.7 Å². The van der Waals surface area contributed by atoms with Crippen molar-refractivity contribution >= 4 is 87.0 Å². The summed E-state index contributed by atoms with van der Waals surface area (Å²) in [6, 6.07) is 0. The van der Waals surface area contributed by atoms with Gasteiger partial charge in [0.25, 0.3) is 5.56 Å². The summed E-state index contributed by atoms with van der Waals surface area (Å²) in [4.78, 5) is 71.9. The molecule has 0 aliphatic carbocycles. The predicted octanol–water partition coefficient (Wildman–Crippen LogP) is 1.51. The Bertz CT molecular complexity index is 2390. The summed E-state index contributed by atoms with van der Waals surface area (Å²) in [6.07, 6.45) is -2.99. The second kappa shape index (κ2) is 20.3. The molecule has 4 fully saturated rings. The zero-order valence-electron chi connectivity index (χ0n) is 36.6. The smallest absolute Gasteiger partial charge is 0.280 e. The molecule has 66 heavy (non-hydrogen) atoms. The molecular formula is C38H55N11O13P2S2. The summed E-state index contributed by atoms with van der Waals surface area (Å²) >= 11 is 5.29. The number of amidine groups is 1. The molecule has 24 nitrogen and oxygen atoms in total. The minimum absolute atomic E-state index is 0.0152. The number of aromatic amines is 1. The number of ether oxygens (including phenoxy) is 3. The van der Waals surface area contributed by atoms with E-state index < -0.39 is 79.2 Å². The molecule has 0 aromatic carbocycles. The van der Waals surface area contributed by atoms with Crippen LogP contribution in [0.1, 0.15) is 82.7 Å². The molecule has 5 aliphatic heterocycles. The third kappa shape index (κ3) is 10.8. The molecule has 11 unspecified atom stereocenters. The summed E-state index contributed by atoms with van der Waals surface area (Å²) in [5.41, 5.74) is 10.8. The number of anilines is 1. The Morgan fingerprint density at radius 3 is 2.61 bits per heavy atom. The molecule has 2 amide bonds. The van der Waals surface area contributed by atoms with E-state index >= 15 is 0 Å². The third-order valence-corrected chi connectivity index (χ3v) is 14.8. The van der Waals surface area contributed by atoms with Crippen LogP contribution in [0.25, 0.3) is 11.2 Å². The number of nitrogens with zero attached hydrogens (tertiary/aromatic N) is 6. The number of aromatic nitrogens is 6. The van der Waals surface area contributed by atoms with Gasteiger partial charge in [0, 0.05) is 24.9 Å². The van der Waals surface area contributed by atoms with Crippen molar-refractivity contribution in [3.8, 4) is 0 Å². The first-order valence-corrected chi connectivity index (χ1v) is 25.5. The van der Waals surface area contributed by atoms with Crippen molar-refractivity contribution in [2.45, 2.75) is 120 Å². The molecule has 9 N–H and O–H groups in total. The number of imidazole rings is 2. The van der Waals surface area contributed by atoms with Gasteiger partial charge in [-0.05, 0) is 39.5 Å². The Morgan fingerprint density at radius 2 is 1.82 bits per heavy atom. The minimum Gasteiger partial charge on any atom is -0.386 e. The maximum atomic E-state index is 13.5. The highest BCUT2D eigenvalue weighted by Gasteiger charge is 2.51. The van der Waals surface area contributed by atoms with Crippen LogP contribution in [-0.4, -0.2) is 144 Å². The van der Waals surface area contributed by atoms with Crippen molar-refractivity contribution < 1.29 is 56.9 Å². The van der Waals surface area contributed by atoms with Crippen molar-refractivity contribution in [2.75, 3.05) is 44.4 Å². The molecule has 0 saturated carbocycles. The summed E-state index contributed by atoms with van der Waals surface area (Å²) in [5.74, 6) is -1.41. The van der Waals surface area contributed by atoms with Crippen LogP contribution in [0.15, 0.2) is 21.3 Å². The first kappa shape index (κ1) is 49.1. The number of aliphatic imine (C=N–C) groups is 1. The molecule has 5 aliphatic rings. The fourth-order valence-corrected chi connectivity index (χ4v) is 11.0. The number of ketones is 1. The van der Waals surface area contributed by atoms with Crippen LogP contribution in [-0.2, 0) is 41.9 Å². The number of amides is 2.